The Kier molecular flexibility index (Phi) is 4.45. The molecule has 1 N–H and O–H groups in total. The molecule has 3 aromatic rings. The molecular weight excluding hydrogens is 354 g/mol. The van der Waals surface area contributed by atoms with E-state index in [0.29, 0.717) is 17.6 Å². The molecule has 0 fully saturated rings. The normalized spacial score (nSPS) is 12.6. The van der Waals surface area contributed by atoms with Gasteiger partial charge in [-0.15, -0.1) is 0 Å². The topological polar surface area (TPSA) is 98.9 Å². The van der Waals surface area contributed by atoms with Gasteiger partial charge in [0.1, 0.15) is 11.7 Å². The molecule has 3 rings (SSSR count). The Labute approximate surface area is 151 Å². The van der Waals surface area contributed by atoms with E-state index in [-0.39, 0.29) is 16.0 Å². The first-order valence-electron chi connectivity index (χ1n) is 8.09. The monoisotopic (exact) mass is 375 g/mol. The fourth-order valence-electron chi connectivity index (χ4n) is 2.64. The van der Waals surface area contributed by atoms with E-state index >= 15 is 0 Å². The van der Waals surface area contributed by atoms with E-state index in [0.717, 1.165) is 5.56 Å². The molecule has 0 saturated heterocycles. The predicted octanol–water partition coefficient (Wildman–Crippen LogP) is 1.30. The van der Waals surface area contributed by atoms with Crippen LogP contribution < -0.4 is 10.3 Å². The number of rotatable bonds is 4. The molecule has 0 radical (unpaired) electrons. The Balaban J connectivity index is 1.95. The van der Waals surface area contributed by atoms with Crippen LogP contribution in [-0.2, 0) is 22.1 Å². The van der Waals surface area contributed by atoms with Crippen molar-refractivity contribution in [2.75, 3.05) is 7.05 Å². The lowest BCUT2D eigenvalue weighted by Gasteiger charge is -2.19. The van der Waals surface area contributed by atoms with Crippen molar-refractivity contribution in [3.8, 4) is 0 Å². The highest BCUT2D eigenvalue weighted by Crippen LogP contribution is 2.18. The summed E-state index contributed by atoms with van der Waals surface area (Å²) >= 11 is 0. The average Bonchev–Trinajstić information content (AvgIpc) is 3.03. The Hall–Kier alpha value is -2.52. The van der Waals surface area contributed by atoms with Gasteiger partial charge in [-0.05, 0) is 45.5 Å². The summed E-state index contributed by atoms with van der Waals surface area (Å²) in [6, 6.07) is 6.38. The number of sulfonamides is 1. The minimum absolute atomic E-state index is 0.177. The van der Waals surface area contributed by atoms with Crippen LogP contribution in [0.4, 0.5) is 0 Å². The lowest BCUT2D eigenvalue weighted by atomic mass is 10.1. The van der Waals surface area contributed by atoms with Crippen LogP contribution in [0.25, 0.3) is 11.0 Å². The van der Waals surface area contributed by atoms with Crippen LogP contribution in [0.2, 0.25) is 0 Å². The summed E-state index contributed by atoms with van der Waals surface area (Å²) in [4.78, 5) is 17.3. The van der Waals surface area contributed by atoms with Crippen LogP contribution in [0.5, 0.6) is 0 Å². The summed E-state index contributed by atoms with van der Waals surface area (Å²) in [6.45, 7) is 6.27. The van der Waals surface area contributed by atoms with Gasteiger partial charge in [-0.25, -0.2) is 22.8 Å². The van der Waals surface area contributed by atoms with Crippen molar-refractivity contribution in [3.05, 3.63) is 52.7 Å². The zero-order valence-corrected chi connectivity index (χ0v) is 15.9. The van der Waals surface area contributed by atoms with Crippen LogP contribution in [0.15, 0.2) is 46.5 Å². The minimum Gasteiger partial charge on any atom is -0.294 e. The van der Waals surface area contributed by atoms with Gasteiger partial charge in [-0.3, -0.25) is 9.36 Å². The van der Waals surface area contributed by atoms with Gasteiger partial charge in [0.25, 0.3) is 5.56 Å². The Morgan fingerprint density at radius 1 is 1.15 bits per heavy atom. The van der Waals surface area contributed by atoms with Crippen LogP contribution in [0, 0.1) is 0 Å². The summed E-state index contributed by atoms with van der Waals surface area (Å²) in [5, 5.41) is 4.75. The summed E-state index contributed by atoms with van der Waals surface area (Å²) in [5.41, 5.74) is 0.889. The maximum absolute atomic E-state index is 12.7. The second kappa shape index (κ2) is 6.33. The van der Waals surface area contributed by atoms with Gasteiger partial charge in [0.15, 0.2) is 5.65 Å². The summed E-state index contributed by atoms with van der Waals surface area (Å²) < 4.78 is 29.0. The minimum atomic E-state index is -3.48. The molecule has 0 spiro atoms. The molecule has 8 nitrogen and oxygen atoms in total. The second-order valence-electron chi connectivity index (χ2n) is 6.99. The summed E-state index contributed by atoms with van der Waals surface area (Å²) in [5.74, 6) is 0. The average molecular weight is 375 g/mol. The number of benzene rings is 1. The third-order valence-electron chi connectivity index (χ3n) is 4.05. The molecule has 0 amide bonds. The highest BCUT2D eigenvalue weighted by molar-refractivity contribution is 7.89. The molecule has 0 atom stereocenters. The zero-order chi connectivity index (χ0) is 19.1. The van der Waals surface area contributed by atoms with Gasteiger partial charge in [0, 0.05) is 0 Å². The van der Waals surface area contributed by atoms with E-state index in [4.69, 9.17) is 0 Å². The number of aromatic nitrogens is 4. The first kappa shape index (κ1) is 18.3. The van der Waals surface area contributed by atoms with Gasteiger partial charge in [0.2, 0.25) is 10.0 Å². The Bertz CT molecular complexity index is 1110. The first-order valence-corrected chi connectivity index (χ1v) is 9.58. The van der Waals surface area contributed by atoms with Crippen molar-refractivity contribution in [1.82, 2.24) is 24.1 Å². The highest BCUT2D eigenvalue weighted by Gasteiger charge is 2.19. The Morgan fingerprint density at radius 2 is 1.81 bits per heavy atom. The maximum atomic E-state index is 12.7. The van der Waals surface area contributed by atoms with E-state index in [2.05, 4.69) is 14.8 Å². The number of fused-ring (bicyclic) bond motifs is 1. The second-order valence-corrected chi connectivity index (χ2v) is 8.88. The fourth-order valence-corrected chi connectivity index (χ4v) is 3.37. The van der Waals surface area contributed by atoms with Gasteiger partial charge >= 0.3 is 0 Å². The quantitative estimate of drug-likeness (QED) is 0.741. The maximum Gasteiger partial charge on any atom is 0.264 e. The molecule has 0 aliphatic rings. The molecule has 138 valence electrons. The number of hydrogen-bond acceptors (Lipinski definition) is 5. The van der Waals surface area contributed by atoms with Crippen molar-refractivity contribution in [2.24, 2.45) is 0 Å². The lowest BCUT2D eigenvalue weighted by Crippen LogP contribution is -2.25. The molecule has 9 heteroatoms. The molecule has 1 aromatic carbocycles. The SMILES string of the molecule is CNS(=O)(=O)c1ccc(Cn2cnc3c(cnn3C(C)(C)C)c2=O)cc1. The van der Waals surface area contributed by atoms with Crippen molar-refractivity contribution >= 4 is 21.1 Å². The van der Waals surface area contributed by atoms with E-state index in [9.17, 15) is 13.2 Å². The van der Waals surface area contributed by atoms with Crippen molar-refractivity contribution in [3.63, 3.8) is 0 Å². The molecule has 0 aliphatic carbocycles. The van der Waals surface area contributed by atoms with Crippen LogP contribution >= 0.6 is 0 Å². The predicted molar refractivity (Wildman–Crippen MR) is 98.6 cm³/mol. The van der Waals surface area contributed by atoms with E-state index in [1.165, 1.54) is 36.3 Å². The smallest absolute Gasteiger partial charge is 0.264 e. The van der Waals surface area contributed by atoms with Gasteiger partial charge in [-0.1, -0.05) is 12.1 Å². The van der Waals surface area contributed by atoms with Crippen molar-refractivity contribution < 1.29 is 8.42 Å². The van der Waals surface area contributed by atoms with E-state index in [1.807, 2.05) is 20.8 Å². The molecule has 0 aliphatic heterocycles. The molecule has 2 heterocycles. The highest BCUT2D eigenvalue weighted by atomic mass is 32.2. The molecule has 0 saturated carbocycles. The summed E-state index contributed by atoms with van der Waals surface area (Å²) in [7, 11) is -2.12. The van der Waals surface area contributed by atoms with Crippen LogP contribution in [0.3, 0.4) is 0 Å². The largest absolute Gasteiger partial charge is 0.294 e. The molecule has 0 unspecified atom stereocenters. The van der Waals surface area contributed by atoms with Gasteiger partial charge < -0.3 is 0 Å². The lowest BCUT2D eigenvalue weighted by molar-refractivity contribution is 0.365. The van der Waals surface area contributed by atoms with Crippen LogP contribution in [-0.4, -0.2) is 34.8 Å². The summed E-state index contributed by atoms with van der Waals surface area (Å²) in [6.07, 6.45) is 3.03. The number of nitrogens with one attached hydrogen (secondary N) is 1. The van der Waals surface area contributed by atoms with Crippen molar-refractivity contribution in [1.29, 1.82) is 0 Å². The number of nitrogens with zero attached hydrogens (tertiary/aromatic N) is 4. The Morgan fingerprint density at radius 3 is 2.38 bits per heavy atom. The fraction of sp³-hybridized carbons (Fsp3) is 0.353. The standard InChI is InChI=1S/C17H21N5O3S/c1-17(2,3)22-15-14(9-20-22)16(23)21(11-19-15)10-12-5-7-13(8-6-12)26(24,25)18-4/h5-9,11,18H,10H2,1-4H3. The first-order chi connectivity index (χ1) is 12.1. The van der Waals surface area contributed by atoms with Crippen LogP contribution in [0.1, 0.15) is 26.3 Å². The number of hydrogen-bond donors (Lipinski definition) is 1. The molecular formula is C17H21N5O3S. The van der Waals surface area contributed by atoms with E-state index in [1.54, 1.807) is 16.8 Å². The van der Waals surface area contributed by atoms with Gasteiger partial charge in [0.05, 0.1) is 23.2 Å². The van der Waals surface area contributed by atoms with E-state index < -0.39 is 10.0 Å². The zero-order valence-electron chi connectivity index (χ0n) is 15.1. The third-order valence-corrected chi connectivity index (χ3v) is 5.48. The van der Waals surface area contributed by atoms with Crippen molar-refractivity contribution in [2.45, 2.75) is 37.8 Å². The molecule has 2 aromatic heterocycles. The molecule has 0 bridgehead atoms. The van der Waals surface area contributed by atoms with Gasteiger partial charge in [-0.2, -0.15) is 5.10 Å². The third kappa shape index (κ3) is 3.27. The molecule has 26 heavy (non-hydrogen) atoms.